The molecule has 1 aliphatic heterocycles. The van der Waals surface area contributed by atoms with Gasteiger partial charge < -0.3 is 15.1 Å². The van der Waals surface area contributed by atoms with E-state index in [1.165, 1.54) is 24.0 Å². The van der Waals surface area contributed by atoms with Crippen LogP contribution in [0.1, 0.15) is 55.2 Å². The Bertz CT molecular complexity index is 1230. The van der Waals surface area contributed by atoms with E-state index in [1.54, 1.807) is 19.1 Å². The number of fused-ring (bicyclic) bond motifs is 2. The summed E-state index contributed by atoms with van der Waals surface area (Å²) in [6, 6.07) is 14.6. The minimum atomic E-state index is -1.36. The first-order chi connectivity index (χ1) is 15.8. The molecular weight excluding hydrogens is 418 g/mol. The second kappa shape index (κ2) is 8.06. The van der Waals surface area contributed by atoms with Crippen LogP contribution in [0.2, 0.25) is 0 Å². The van der Waals surface area contributed by atoms with Gasteiger partial charge in [0.05, 0.1) is 6.04 Å². The number of urea groups is 1. The summed E-state index contributed by atoms with van der Waals surface area (Å²) in [5.41, 5.74) is 3.02. The standard InChI is InChI=1S/C26H27N3O4/c1-16(18-12-11-17-7-3-4-8-19(17)13-18)27-23(30)15-29-24(31)26(2,28-25(29)32)22-14-20-9-5-6-10-21(20)33-22/h5-6,9-14,16H,3-4,7-8,15H2,1-2H3,(H,27,30)(H,28,32)/t16-,26+/m1/s1. The number of carbonyl (C=O) groups is 3. The lowest BCUT2D eigenvalue weighted by atomic mass is 9.89. The molecule has 3 aromatic rings. The van der Waals surface area contributed by atoms with Gasteiger partial charge in [-0.1, -0.05) is 36.4 Å². The summed E-state index contributed by atoms with van der Waals surface area (Å²) in [7, 11) is 0. The van der Waals surface area contributed by atoms with Crippen molar-refractivity contribution >= 4 is 28.8 Å². The van der Waals surface area contributed by atoms with Crippen molar-refractivity contribution in [3.8, 4) is 0 Å². The number of para-hydroxylation sites is 1. The molecule has 1 saturated heterocycles. The third kappa shape index (κ3) is 3.77. The van der Waals surface area contributed by atoms with Gasteiger partial charge in [0.1, 0.15) is 17.9 Å². The van der Waals surface area contributed by atoms with Crippen molar-refractivity contribution in [3.05, 3.63) is 71.0 Å². The van der Waals surface area contributed by atoms with Gasteiger partial charge in [0.15, 0.2) is 5.54 Å². The molecule has 0 radical (unpaired) electrons. The highest BCUT2D eigenvalue weighted by atomic mass is 16.3. The summed E-state index contributed by atoms with van der Waals surface area (Å²) in [5.74, 6) is -0.562. The largest absolute Gasteiger partial charge is 0.458 e. The molecule has 1 aromatic heterocycles. The highest BCUT2D eigenvalue weighted by Gasteiger charge is 2.51. The minimum absolute atomic E-state index is 0.229. The molecule has 2 aromatic carbocycles. The van der Waals surface area contributed by atoms with E-state index >= 15 is 0 Å². The van der Waals surface area contributed by atoms with Gasteiger partial charge in [-0.15, -0.1) is 0 Å². The van der Waals surface area contributed by atoms with Crippen molar-refractivity contribution in [2.45, 2.75) is 51.1 Å². The Morgan fingerprint density at radius 1 is 1.12 bits per heavy atom. The average Bonchev–Trinajstić information content (AvgIpc) is 3.34. The molecule has 170 valence electrons. The first-order valence-electron chi connectivity index (χ1n) is 11.4. The van der Waals surface area contributed by atoms with Gasteiger partial charge in [-0.05, 0) is 68.4 Å². The zero-order valence-electron chi connectivity index (χ0n) is 18.8. The Hall–Kier alpha value is -3.61. The molecule has 1 fully saturated rings. The van der Waals surface area contributed by atoms with Crippen molar-refractivity contribution in [2.24, 2.45) is 0 Å². The number of furan rings is 1. The van der Waals surface area contributed by atoms with Gasteiger partial charge in [-0.25, -0.2) is 4.79 Å². The molecule has 0 unspecified atom stereocenters. The Balaban J connectivity index is 1.28. The maximum absolute atomic E-state index is 13.2. The van der Waals surface area contributed by atoms with Gasteiger partial charge in [0.2, 0.25) is 5.91 Å². The van der Waals surface area contributed by atoms with Crippen LogP contribution in [0.4, 0.5) is 4.79 Å². The summed E-state index contributed by atoms with van der Waals surface area (Å²) in [4.78, 5) is 39.5. The summed E-state index contributed by atoms with van der Waals surface area (Å²) in [6.45, 7) is 3.15. The number of aryl methyl sites for hydroxylation is 2. The SMILES string of the molecule is C[C@@H](NC(=O)CN1C(=O)N[C@@](C)(c2cc3ccccc3o2)C1=O)c1ccc2c(c1)CCCC2. The van der Waals surface area contributed by atoms with Crippen LogP contribution in [0.5, 0.6) is 0 Å². The predicted molar refractivity (Wildman–Crippen MR) is 123 cm³/mol. The van der Waals surface area contributed by atoms with E-state index in [1.807, 2.05) is 31.2 Å². The number of rotatable bonds is 5. The summed E-state index contributed by atoms with van der Waals surface area (Å²) in [5, 5.41) is 6.46. The van der Waals surface area contributed by atoms with Crippen molar-refractivity contribution in [1.29, 1.82) is 0 Å². The summed E-state index contributed by atoms with van der Waals surface area (Å²) >= 11 is 0. The predicted octanol–water partition coefficient (Wildman–Crippen LogP) is 3.96. The molecule has 2 aliphatic rings. The fourth-order valence-electron chi connectivity index (χ4n) is 4.77. The number of carbonyl (C=O) groups excluding carboxylic acids is 3. The molecule has 4 amide bonds. The zero-order valence-corrected chi connectivity index (χ0v) is 18.8. The van der Waals surface area contributed by atoms with E-state index in [4.69, 9.17) is 4.42 Å². The van der Waals surface area contributed by atoms with Crippen LogP contribution in [-0.4, -0.2) is 29.3 Å². The van der Waals surface area contributed by atoms with Crippen molar-refractivity contribution in [3.63, 3.8) is 0 Å². The van der Waals surface area contributed by atoms with Crippen LogP contribution < -0.4 is 10.6 Å². The van der Waals surface area contributed by atoms with Crippen molar-refractivity contribution < 1.29 is 18.8 Å². The molecular formula is C26H27N3O4. The number of nitrogens with one attached hydrogen (secondary N) is 2. The van der Waals surface area contributed by atoms with Crippen LogP contribution in [0, 0.1) is 0 Å². The Morgan fingerprint density at radius 2 is 1.88 bits per heavy atom. The number of hydrogen-bond donors (Lipinski definition) is 2. The first kappa shape index (κ1) is 21.2. The van der Waals surface area contributed by atoms with E-state index < -0.39 is 23.4 Å². The lowest BCUT2D eigenvalue weighted by Gasteiger charge is -2.21. The highest BCUT2D eigenvalue weighted by Crippen LogP contribution is 2.33. The smallest absolute Gasteiger partial charge is 0.325 e. The normalized spacial score (nSPS) is 21.1. The third-order valence-corrected chi connectivity index (χ3v) is 6.75. The number of benzene rings is 2. The monoisotopic (exact) mass is 445 g/mol. The lowest BCUT2D eigenvalue weighted by Crippen LogP contribution is -2.43. The van der Waals surface area contributed by atoms with Crippen LogP contribution >= 0.6 is 0 Å². The molecule has 2 N–H and O–H groups in total. The average molecular weight is 446 g/mol. The van der Waals surface area contributed by atoms with Crippen LogP contribution in [0.15, 0.2) is 52.9 Å². The number of hydrogen-bond acceptors (Lipinski definition) is 4. The van der Waals surface area contributed by atoms with Crippen LogP contribution in [0.25, 0.3) is 11.0 Å². The Labute approximate surface area is 192 Å². The van der Waals surface area contributed by atoms with E-state index in [2.05, 4.69) is 22.8 Å². The number of amides is 4. The Morgan fingerprint density at radius 3 is 2.67 bits per heavy atom. The molecule has 0 bridgehead atoms. The summed E-state index contributed by atoms with van der Waals surface area (Å²) < 4.78 is 5.83. The van der Waals surface area contributed by atoms with Gasteiger partial charge in [0.25, 0.3) is 5.91 Å². The maximum Gasteiger partial charge on any atom is 0.325 e. The van der Waals surface area contributed by atoms with Gasteiger partial charge >= 0.3 is 6.03 Å². The molecule has 0 saturated carbocycles. The number of imide groups is 1. The van der Waals surface area contributed by atoms with Crippen LogP contribution in [0.3, 0.4) is 0 Å². The van der Waals surface area contributed by atoms with Crippen molar-refractivity contribution in [2.75, 3.05) is 6.54 Å². The van der Waals surface area contributed by atoms with Crippen LogP contribution in [-0.2, 0) is 28.0 Å². The van der Waals surface area contributed by atoms with E-state index in [0.717, 1.165) is 28.7 Å². The fraction of sp³-hybridized carbons (Fsp3) is 0.346. The summed E-state index contributed by atoms with van der Waals surface area (Å²) in [6.07, 6.45) is 4.57. The fourth-order valence-corrected chi connectivity index (χ4v) is 4.77. The molecule has 5 rings (SSSR count). The van der Waals surface area contributed by atoms with E-state index in [0.29, 0.717) is 11.3 Å². The second-order valence-electron chi connectivity index (χ2n) is 9.12. The van der Waals surface area contributed by atoms with Gasteiger partial charge in [0, 0.05) is 5.39 Å². The van der Waals surface area contributed by atoms with E-state index in [-0.39, 0.29) is 12.6 Å². The van der Waals surface area contributed by atoms with Gasteiger partial charge in [-0.2, -0.15) is 0 Å². The van der Waals surface area contributed by atoms with Gasteiger partial charge in [-0.3, -0.25) is 14.5 Å². The molecule has 2 atom stereocenters. The lowest BCUT2D eigenvalue weighted by molar-refractivity contribution is -0.135. The Kier molecular flexibility index (Phi) is 5.19. The maximum atomic E-state index is 13.2. The molecule has 7 nitrogen and oxygen atoms in total. The molecule has 2 heterocycles. The van der Waals surface area contributed by atoms with Crippen molar-refractivity contribution in [1.82, 2.24) is 15.5 Å². The molecule has 33 heavy (non-hydrogen) atoms. The molecule has 1 aliphatic carbocycles. The van der Waals surface area contributed by atoms with E-state index in [9.17, 15) is 14.4 Å². The second-order valence-corrected chi connectivity index (χ2v) is 9.12. The topological polar surface area (TPSA) is 91.7 Å². The molecule has 0 spiro atoms. The first-order valence-corrected chi connectivity index (χ1v) is 11.4. The minimum Gasteiger partial charge on any atom is -0.458 e. The quantitative estimate of drug-likeness (QED) is 0.582. The number of nitrogens with zero attached hydrogens (tertiary/aromatic N) is 1. The zero-order chi connectivity index (χ0) is 23.2. The third-order valence-electron chi connectivity index (χ3n) is 6.75. The highest BCUT2D eigenvalue weighted by molar-refractivity contribution is 6.09. The molecule has 7 heteroatoms.